The van der Waals surface area contributed by atoms with E-state index in [-0.39, 0.29) is 29.7 Å². The summed E-state index contributed by atoms with van der Waals surface area (Å²) in [6.45, 7) is 0.838. The fourth-order valence-corrected chi connectivity index (χ4v) is 5.30. The predicted molar refractivity (Wildman–Crippen MR) is 176 cm³/mol. The number of rotatable bonds is 14. The van der Waals surface area contributed by atoms with Crippen LogP contribution in [-0.2, 0) is 19.2 Å². The van der Waals surface area contributed by atoms with Crippen molar-refractivity contribution < 1.29 is 42.9 Å². The highest BCUT2D eigenvalue weighted by Crippen LogP contribution is 2.32. The van der Waals surface area contributed by atoms with Crippen LogP contribution in [0.4, 0.5) is 22.9 Å². The molecule has 0 saturated carbocycles. The van der Waals surface area contributed by atoms with Crippen LogP contribution >= 0.6 is 0 Å². The van der Waals surface area contributed by atoms with Gasteiger partial charge in [-0.25, -0.2) is 0 Å². The van der Waals surface area contributed by atoms with Crippen molar-refractivity contribution in [2.45, 2.75) is 38.1 Å². The van der Waals surface area contributed by atoms with Gasteiger partial charge in [0.05, 0.1) is 17.2 Å². The monoisotopic (exact) mass is 685 g/mol. The topological polar surface area (TPSA) is 239 Å². The third kappa shape index (κ3) is 8.25. The van der Waals surface area contributed by atoms with Gasteiger partial charge in [0.1, 0.15) is 11.0 Å². The first-order chi connectivity index (χ1) is 24.0. The fourth-order valence-electron chi connectivity index (χ4n) is 5.30. The number of nitrogens with zero attached hydrogens (tertiary/aromatic N) is 2. The molecule has 258 valence electrons. The molecule has 2 aliphatic heterocycles. The second-order valence-electron chi connectivity index (χ2n) is 11.2. The van der Waals surface area contributed by atoms with Crippen molar-refractivity contribution in [2.75, 3.05) is 29.0 Å². The minimum Gasteiger partial charge on any atom is -0.395 e. The van der Waals surface area contributed by atoms with Crippen LogP contribution in [0.5, 0.6) is 0 Å². The van der Waals surface area contributed by atoms with Crippen LogP contribution in [0.3, 0.4) is 0 Å². The Hall–Kier alpha value is -6.65. The molecule has 0 bridgehead atoms. The van der Waals surface area contributed by atoms with Crippen LogP contribution in [0, 0.1) is 10.1 Å². The normalized spacial score (nSPS) is 15.4. The average Bonchev–Trinajstić information content (AvgIpc) is 3.68. The SMILES string of the molecule is O=C(/C=C/C(=O)Nc1ccc(NC(=O)c2ccc([N+](=O)[O-])o2)cc1)NCCCCCNc1cccc2c1C(=O)N(C1CCC(=O)NC1=O)C2=O. The number of fused-ring (bicyclic) bond motifs is 1. The summed E-state index contributed by atoms with van der Waals surface area (Å²) in [5, 5.41) is 23.8. The Bertz CT molecular complexity index is 1900. The van der Waals surface area contributed by atoms with Crippen LogP contribution in [0.15, 0.2) is 71.2 Å². The Morgan fingerprint density at radius 1 is 0.880 bits per heavy atom. The van der Waals surface area contributed by atoms with Crippen LogP contribution in [0.1, 0.15) is 63.4 Å². The second kappa shape index (κ2) is 15.5. The van der Waals surface area contributed by atoms with Gasteiger partial charge in [-0.3, -0.25) is 53.9 Å². The smallest absolute Gasteiger partial charge is 0.395 e. The number of carbonyl (C=O) groups is 7. The summed E-state index contributed by atoms with van der Waals surface area (Å²) in [5.74, 6) is -4.77. The molecule has 0 radical (unpaired) electrons. The molecule has 1 fully saturated rings. The number of imide groups is 2. The van der Waals surface area contributed by atoms with Gasteiger partial charge in [0.25, 0.3) is 17.7 Å². The maximum Gasteiger partial charge on any atom is 0.433 e. The molecule has 5 rings (SSSR count). The molecule has 17 nitrogen and oxygen atoms in total. The summed E-state index contributed by atoms with van der Waals surface area (Å²) in [5.41, 5.74) is 1.59. The lowest BCUT2D eigenvalue weighted by atomic mass is 10.0. The lowest BCUT2D eigenvalue weighted by Crippen LogP contribution is -2.54. The standard InChI is InChI=1S/C33H31N7O10/c41-25(14-15-26(42)36-19-7-9-20(10-8-19)37-31(45)24-12-16-28(50-24)40(48)49)35-18-3-1-2-17-34-22-6-4-5-21-29(22)33(47)39(32(21)46)23-11-13-27(43)38-30(23)44/h4-10,12,14-16,23,34H,1-3,11,13,17-18H2,(H,35,41)(H,36,42)(H,37,45)(H,38,43,44)/b15-14+. The van der Waals surface area contributed by atoms with Gasteiger partial charge < -0.3 is 25.7 Å². The summed E-state index contributed by atoms with van der Waals surface area (Å²) in [6.07, 6.45) is 4.33. The minimum absolute atomic E-state index is 0.0379. The maximum absolute atomic E-state index is 13.2. The molecule has 1 unspecified atom stereocenters. The van der Waals surface area contributed by atoms with Gasteiger partial charge in [-0.1, -0.05) is 6.07 Å². The molecule has 50 heavy (non-hydrogen) atoms. The van der Waals surface area contributed by atoms with Crippen LogP contribution in [0.2, 0.25) is 0 Å². The Morgan fingerprint density at radius 2 is 1.58 bits per heavy atom. The van der Waals surface area contributed by atoms with Gasteiger partial charge in [0.2, 0.25) is 23.6 Å². The first kappa shape index (κ1) is 34.7. The number of nitro groups is 1. The zero-order valence-corrected chi connectivity index (χ0v) is 26.4. The predicted octanol–water partition coefficient (Wildman–Crippen LogP) is 2.73. The molecule has 3 heterocycles. The third-order valence-corrected chi connectivity index (χ3v) is 7.73. The van der Waals surface area contributed by atoms with Crippen molar-refractivity contribution in [1.29, 1.82) is 0 Å². The lowest BCUT2D eigenvalue weighted by Gasteiger charge is -2.27. The van der Waals surface area contributed by atoms with E-state index >= 15 is 0 Å². The molecule has 1 saturated heterocycles. The molecule has 17 heteroatoms. The molecule has 0 aliphatic carbocycles. The molecule has 1 aromatic heterocycles. The van der Waals surface area contributed by atoms with Crippen molar-refractivity contribution in [3.8, 4) is 0 Å². The van der Waals surface area contributed by atoms with Crippen molar-refractivity contribution in [2.24, 2.45) is 0 Å². The molecule has 2 aliphatic rings. The van der Waals surface area contributed by atoms with E-state index in [2.05, 4.69) is 26.6 Å². The first-order valence-corrected chi connectivity index (χ1v) is 15.5. The van der Waals surface area contributed by atoms with E-state index in [9.17, 15) is 43.7 Å². The molecule has 5 N–H and O–H groups in total. The van der Waals surface area contributed by atoms with Crippen LogP contribution in [-0.4, -0.2) is 70.3 Å². The van der Waals surface area contributed by atoms with Gasteiger partial charge in [0, 0.05) is 48.7 Å². The zero-order chi connectivity index (χ0) is 35.8. The Morgan fingerprint density at radius 3 is 2.28 bits per heavy atom. The molecule has 0 spiro atoms. The van der Waals surface area contributed by atoms with Crippen molar-refractivity contribution in [3.63, 3.8) is 0 Å². The number of hydrogen-bond donors (Lipinski definition) is 5. The molecular formula is C33H31N7O10. The first-order valence-electron chi connectivity index (χ1n) is 15.5. The highest BCUT2D eigenvalue weighted by Gasteiger charge is 2.45. The number of piperidine rings is 1. The quantitative estimate of drug-likeness (QED) is 0.0543. The molecular weight excluding hydrogens is 654 g/mol. The zero-order valence-electron chi connectivity index (χ0n) is 26.4. The lowest BCUT2D eigenvalue weighted by molar-refractivity contribution is -0.402. The second-order valence-corrected chi connectivity index (χ2v) is 11.2. The summed E-state index contributed by atoms with van der Waals surface area (Å²) >= 11 is 0. The average molecular weight is 686 g/mol. The van der Waals surface area contributed by atoms with Crippen molar-refractivity contribution in [1.82, 2.24) is 15.5 Å². The summed E-state index contributed by atoms with van der Waals surface area (Å²) < 4.78 is 4.86. The highest BCUT2D eigenvalue weighted by molar-refractivity contribution is 6.25. The molecule has 7 amide bonds. The number of nitrogens with one attached hydrogen (secondary N) is 5. The number of amides is 7. The summed E-state index contributed by atoms with van der Waals surface area (Å²) in [6, 6.07) is 12.1. The van der Waals surface area contributed by atoms with Crippen molar-refractivity contribution in [3.05, 3.63) is 93.8 Å². The number of unbranched alkanes of at least 4 members (excludes halogenated alkanes) is 2. The van der Waals surface area contributed by atoms with Crippen molar-refractivity contribution >= 4 is 64.3 Å². The minimum atomic E-state index is -1.04. The largest absolute Gasteiger partial charge is 0.433 e. The molecule has 2 aromatic carbocycles. The number of carbonyl (C=O) groups excluding carboxylic acids is 7. The van der Waals surface area contributed by atoms with E-state index in [1.165, 1.54) is 36.4 Å². The number of furan rings is 1. The van der Waals surface area contributed by atoms with E-state index < -0.39 is 58.2 Å². The Kier molecular flexibility index (Phi) is 10.8. The summed E-state index contributed by atoms with van der Waals surface area (Å²) in [7, 11) is 0. The maximum atomic E-state index is 13.2. The van der Waals surface area contributed by atoms with Gasteiger partial charge in [-0.2, -0.15) is 0 Å². The van der Waals surface area contributed by atoms with Crippen LogP contribution < -0.4 is 26.6 Å². The van der Waals surface area contributed by atoms with Gasteiger partial charge >= 0.3 is 5.88 Å². The summed E-state index contributed by atoms with van der Waals surface area (Å²) in [4.78, 5) is 97.4. The number of anilines is 3. The van der Waals surface area contributed by atoms with E-state index in [4.69, 9.17) is 4.42 Å². The molecule has 1 atom stereocenters. The van der Waals surface area contributed by atoms with Gasteiger partial charge in [-0.05, 0) is 68.1 Å². The van der Waals surface area contributed by atoms with Crippen LogP contribution in [0.25, 0.3) is 0 Å². The molecule has 3 aromatic rings. The Labute approximate surface area is 283 Å². The number of benzene rings is 2. The number of hydrogen-bond acceptors (Lipinski definition) is 11. The van der Waals surface area contributed by atoms with Gasteiger partial charge in [-0.15, -0.1) is 0 Å². The van der Waals surface area contributed by atoms with E-state index in [0.717, 1.165) is 29.5 Å². The fraction of sp³-hybridized carbons (Fsp3) is 0.242. The highest BCUT2D eigenvalue weighted by atomic mass is 16.6. The van der Waals surface area contributed by atoms with Gasteiger partial charge in [0.15, 0.2) is 5.76 Å². The Balaban J connectivity index is 0.981. The third-order valence-electron chi connectivity index (χ3n) is 7.73. The van der Waals surface area contributed by atoms with E-state index in [1.807, 2.05) is 0 Å². The van der Waals surface area contributed by atoms with E-state index in [1.54, 1.807) is 12.1 Å². The van der Waals surface area contributed by atoms with E-state index in [0.29, 0.717) is 43.0 Å².